The molecule has 2 aromatic carbocycles. The molecule has 1 aliphatic carbocycles. The quantitative estimate of drug-likeness (QED) is 0.768. The molecule has 3 rings (SSSR count). The molecule has 1 atom stereocenters. The van der Waals surface area contributed by atoms with Gasteiger partial charge in [-0.15, -0.1) is 0 Å². The van der Waals surface area contributed by atoms with Gasteiger partial charge in [0.15, 0.2) is 0 Å². The Morgan fingerprint density at radius 2 is 1.67 bits per heavy atom. The number of phenols is 2. The number of aromatic hydroxyl groups is 2. The molecule has 2 heteroatoms. The highest BCUT2D eigenvalue weighted by molar-refractivity contribution is 5.43. The number of aryl methyl sites for hydroxylation is 2. The van der Waals surface area contributed by atoms with Gasteiger partial charge in [0.1, 0.15) is 11.5 Å². The summed E-state index contributed by atoms with van der Waals surface area (Å²) in [7, 11) is 0. The summed E-state index contributed by atoms with van der Waals surface area (Å²) >= 11 is 0. The van der Waals surface area contributed by atoms with Crippen molar-refractivity contribution in [2.75, 3.05) is 0 Å². The fraction of sp³-hybridized carbons (Fsp3) is 0.368. The third-order valence-electron chi connectivity index (χ3n) is 4.81. The molecule has 110 valence electrons. The first-order valence-electron chi connectivity index (χ1n) is 7.59. The van der Waals surface area contributed by atoms with Gasteiger partial charge in [-0.2, -0.15) is 0 Å². The van der Waals surface area contributed by atoms with E-state index in [2.05, 4.69) is 26.0 Å². The maximum atomic E-state index is 9.67. The van der Waals surface area contributed by atoms with E-state index >= 15 is 0 Å². The summed E-state index contributed by atoms with van der Waals surface area (Å²) in [5, 5.41) is 19.3. The highest BCUT2D eigenvalue weighted by Gasteiger charge is 2.31. The van der Waals surface area contributed by atoms with Crippen LogP contribution in [0.2, 0.25) is 0 Å². The lowest BCUT2D eigenvalue weighted by molar-refractivity contribution is 0.425. The van der Waals surface area contributed by atoms with Gasteiger partial charge in [-0.25, -0.2) is 0 Å². The molecule has 0 bridgehead atoms. The van der Waals surface area contributed by atoms with Crippen LogP contribution in [-0.2, 0) is 18.3 Å². The van der Waals surface area contributed by atoms with E-state index < -0.39 is 0 Å². The monoisotopic (exact) mass is 282 g/mol. The number of hydrogen-bond donors (Lipinski definition) is 2. The van der Waals surface area contributed by atoms with Gasteiger partial charge in [-0.1, -0.05) is 19.1 Å². The molecule has 0 aromatic heterocycles. The van der Waals surface area contributed by atoms with Crippen LogP contribution in [0.15, 0.2) is 36.4 Å². The standard InChI is InChI=1S/C19H22O2/c1-13-10-16(20)7-8-18(13)19(2)9-3-4-14-11-17(21)6-5-15(14)12-19/h5-8,10-11,20-21H,3-4,9,12H2,1-2H3. The Kier molecular flexibility index (Phi) is 3.40. The van der Waals surface area contributed by atoms with Crippen LogP contribution in [0.25, 0.3) is 0 Å². The molecule has 0 saturated heterocycles. The van der Waals surface area contributed by atoms with Gasteiger partial charge in [-0.3, -0.25) is 0 Å². The molecule has 2 N–H and O–H groups in total. The number of phenolic OH excluding ortho intramolecular Hbond substituents is 2. The van der Waals surface area contributed by atoms with Gasteiger partial charge in [0, 0.05) is 0 Å². The molecule has 0 aliphatic heterocycles. The number of fused-ring (bicyclic) bond motifs is 1. The van der Waals surface area contributed by atoms with E-state index in [-0.39, 0.29) is 5.41 Å². The lowest BCUT2D eigenvalue weighted by Gasteiger charge is -2.31. The number of rotatable bonds is 1. The lowest BCUT2D eigenvalue weighted by Crippen LogP contribution is -2.25. The van der Waals surface area contributed by atoms with Crippen LogP contribution in [-0.4, -0.2) is 10.2 Å². The Morgan fingerprint density at radius 1 is 0.952 bits per heavy atom. The molecule has 2 aromatic rings. The first-order chi connectivity index (χ1) is 9.98. The summed E-state index contributed by atoms with van der Waals surface area (Å²) in [6.45, 7) is 4.39. The largest absolute Gasteiger partial charge is 0.508 e. The number of benzene rings is 2. The fourth-order valence-corrected chi connectivity index (χ4v) is 3.75. The van der Waals surface area contributed by atoms with Crippen molar-refractivity contribution in [3.63, 3.8) is 0 Å². The van der Waals surface area contributed by atoms with Crippen molar-refractivity contribution in [2.24, 2.45) is 0 Å². The fourth-order valence-electron chi connectivity index (χ4n) is 3.75. The Bertz CT molecular complexity index is 675. The minimum atomic E-state index is 0.0833. The molecule has 1 aliphatic rings. The summed E-state index contributed by atoms with van der Waals surface area (Å²) in [6.07, 6.45) is 4.24. The molecular weight excluding hydrogens is 260 g/mol. The topological polar surface area (TPSA) is 40.5 Å². The molecular formula is C19H22O2. The third kappa shape index (κ3) is 2.63. The Balaban J connectivity index is 2.03. The van der Waals surface area contributed by atoms with E-state index in [0.717, 1.165) is 31.2 Å². The van der Waals surface area contributed by atoms with Crippen LogP contribution in [0.1, 0.15) is 42.0 Å². The van der Waals surface area contributed by atoms with Crippen LogP contribution in [0.5, 0.6) is 11.5 Å². The SMILES string of the molecule is Cc1cc(O)ccc1C1(C)CCCc2cc(O)ccc2C1. The van der Waals surface area contributed by atoms with Gasteiger partial charge in [-0.05, 0) is 84.5 Å². The van der Waals surface area contributed by atoms with Crippen LogP contribution in [0, 0.1) is 6.92 Å². The summed E-state index contributed by atoms with van der Waals surface area (Å²) < 4.78 is 0. The van der Waals surface area contributed by atoms with Crippen LogP contribution in [0.4, 0.5) is 0 Å². The van der Waals surface area contributed by atoms with Gasteiger partial charge in [0.05, 0.1) is 0 Å². The van der Waals surface area contributed by atoms with Gasteiger partial charge in [0.2, 0.25) is 0 Å². The normalized spacial score (nSPS) is 21.6. The zero-order valence-electron chi connectivity index (χ0n) is 12.7. The van der Waals surface area contributed by atoms with E-state index in [1.807, 2.05) is 12.1 Å². The summed E-state index contributed by atoms with van der Waals surface area (Å²) in [5.74, 6) is 0.692. The van der Waals surface area contributed by atoms with E-state index in [1.165, 1.54) is 16.7 Å². The van der Waals surface area contributed by atoms with Crippen molar-refractivity contribution < 1.29 is 10.2 Å². The highest BCUT2D eigenvalue weighted by atomic mass is 16.3. The van der Waals surface area contributed by atoms with Crippen molar-refractivity contribution in [2.45, 2.75) is 44.9 Å². The predicted molar refractivity (Wildman–Crippen MR) is 84.9 cm³/mol. The maximum Gasteiger partial charge on any atom is 0.115 e. The van der Waals surface area contributed by atoms with Crippen molar-refractivity contribution in [1.29, 1.82) is 0 Å². The van der Waals surface area contributed by atoms with E-state index in [1.54, 1.807) is 12.1 Å². The molecule has 0 fully saturated rings. The van der Waals surface area contributed by atoms with Crippen molar-refractivity contribution in [1.82, 2.24) is 0 Å². The van der Waals surface area contributed by atoms with Crippen molar-refractivity contribution in [3.8, 4) is 11.5 Å². The first-order valence-corrected chi connectivity index (χ1v) is 7.59. The molecule has 0 amide bonds. The third-order valence-corrected chi connectivity index (χ3v) is 4.81. The van der Waals surface area contributed by atoms with Crippen molar-refractivity contribution in [3.05, 3.63) is 58.7 Å². The predicted octanol–water partition coefficient (Wildman–Crippen LogP) is 4.24. The molecule has 1 unspecified atom stereocenters. The molecule has 0 radical (unpaired) electrons. The average Bonchev–Trinajstić information content (AvgIpc) is 2.57. The van der Waals surface area contributed by atoms with E-state index in [4.69, 9.17) is 0 Å². The lowest BCUT2D eigenvalue weighted by atomic mass is 9.73. The van der Waals surface area contributed by atoms with Gasteiger partial charge in [0.25, 0.3) is 0 Å². The second-order valence-electron chi connectivity index (χ2n) is 6.54. The number of hydrogen-bond acceptors (Lipinski definition) is 2. The Labute approximate surface area is 126 Å². The van der Waals surface area contributed by atoms with Crippen LogP contribution < -0.4 is 0 Å². The average molecular weight is 282 g/mol. The maximum absolute atomic E-state index is 9.67. The second-order valence-corrected chi connectivity index (χ2v) is 6.54. The molecule has 0 heterocycles. The summed E-state index contributed by atoms with van der Waals surface area (Å²) in [4.78, 5) is 0. The van der Waals surface area contributed by atoms with Gasteiger partial charge >= 0.3 is 0 Å². The van der Waals surface area contributed by atoms with Gasteiger partial charge < -0.3 is 10.2 Å². The Hall–Kier alpha value is -1.96. The van der Waals surface area contributed by atoms with E-state index in [0.29, 0.717) is 11.5 Å². The van der Waals surface area contributed by atoms with E-state index in [9.17, 15) is 10.2 Å². The highest BCUT2D eigenvalue weighted by Crippen LogP contribution is 2.40. The zero-order chi connectivity index (χ0) is 15.0. The first kappa shape index (κ1) is 14.0. The Morgan fingerprint density at radius 3 is 2.43 bits per heavy atom. The van der Waals surface area contributed by atoms with Crippen molar-refractivity contribution >= 4 is 0 Å². The molecule has 0 saturated carbocycles. The molecule has 0 spiro atoms. The molecule has 21 heavy (non-hydrogen) atoms. The smallest absolute Gasteiger partial charge is 0.115 e. The minimum Gasteiger partial charge on any atom is -0.508 e. The zero-order valence-corrected chi connectivity index (χ0v) is 12.7. The summed E-state index contributed by atoms with van der Waals surface area (Å²) in [5.41, 5.74) is 5.16. The summed E-state index contributed by atoms with van der Waals surface area (Å²) in [6, 6.07) is 11.5. The molecule has 2 nitrogen and oxygen atoms in total. The van der Waals surface area contributed by atoms with Crippen LogP contribution >= 0.6 is 0 Å². The van der Waals surface area contributed by atoms with Crippen LogP contribution in [0.3, 0.4) is 0 Å². The second kappa shape index (κ2) is 5.10. The minimum absolute atomic E-state index is 0.0833.